The number of rotatable bonds is 5. The molecule has 1 heterocycles. The van der Waals surface area contributed by atoms with Gasteiger partial charge in [-0.3, -0.25) is 9.59 Å². The van der Waals surface area contributed by atoms with Crippen LogP contribution in [0.15, 0.2) is 18.2 Å². The maximum absolute atomic E-state index is 12.8. The number of ether oxygens (including phenoxy) is 1. The smallest absolute Gasteiger partial charge is 0.228 e. The fourth-order valence-electron chi connectivity index (χ4n) is 3.13. The molecule has 0 saturated carbocycles. The van der Waals surface area contributed by atoms with Crippen LogP contribution in [0.25, 0.3) is 0 Å². The van der Waals surface area contributed by atoms with Crippen molar-refractivity contribution in [3.63, 3.8) is 0 Å². The molecule has 138 valence electrons. The van der Waals surface area contributed by atoms with E-state index in [1.54, 1.807) is 22.9 Å². The molecule has 0 bridgehead atoms. The van der Waals surface area contributed by atoms with E-state index in [0.29, 0.717) is 24.7 Å². The Morgan fingerprint density at radius 1 is 1.40 bits per heavy atom. The standard InChI is InChI=1S/C19H27ClN2O3/c1-6-25-16-8-7-15(20)9-13(16)11-21(5)18(24)14-10-17(23)22(12-14)19(2,3)4/h7-9,14H,6,10-12H2,1-5H3. The molecule has 1 aromatic carbocycles. The fraction of sp³-hybridized carbons (Fsp3) is 0.579. The molecule has 2 amide bonds. The molecule has 0 N–H and O–H groups in total. The van der Waals surface area contributed by atoms with Gasteiger partial charge in [0.25, 0.3) is 0 Å². The first-order valence-corrected chi connectivity index (χ1v) is 8.98. The Bertz CT molecular complexity index is 655. The number of carbonyl (C=O) groups excluding carboxylic acids is 2. The molecule has 0 aliphatic carbocycles. The molecule has 1 fully saturated rings. The Labute approximate surface area is 154 Å². The lowest BCUT2D eigenvalue weighted by molar-refractivity contribution is -0.135. The van der Waals surface area contributed by atoms with Crippen molar-refractivity contribution >= 4 is 23.4 Å². The van der Waals surface area contributed by atoms with Crippen molar-refractivity contribution in [3.8, 4) is 5.75 Å². The molecule has 1 aromatic rings. The van der Waals surface area contributed by atoms with Crippen LogP contribution in [0.5, 0.6) is 5.75 Å². The van der Waals surface area contributed by atoms with Crippen molar-refractivity contribution < 1.29 is 14.3 Å². The molecule has 2 rings (SSSR count). The zero-order valence-electron chi connectivity index (χ0n) is 15.6. The maximum atomic E-state index is 12.8. The summed E-state index contributed by atoms with van der Waals surface area (Å²) >= 11 is 6.09. The Morgan fingerprint density at radius 2 is 2.08 bits per heavy atom. The minimum atomic E-state index is -0.300. The van der Waals surface area contributed by atoms with Crippen molar-refractivity contribution in [2.75, 3.05) is 20.2 Å². The molecule has 6 heteroatoms. The van der Waals surface area contributed by atoms with E-state index in [2.05, 4.69) is 0 Å². The third-order valence-corrected chi connectivity index (χ3v) is 4.63. The molecule has 1 saturated heterocycles. The average Bonchev–Trinajstić information content (AvgIpc) is 2.91. The van der Waals surface area contributed by atoms with Crippen LogP contribution in [0.2, 0.25) is 5.02 Å². The predicted octanol–water partition coefficient (Wildman–Crippen LogP) is 3.34. The fourth-order valence-corrected chi connectivity index (χ4v) is 3.33. The summed E-state index contributed by atoms with van der Waals surface area (Å²) in [5.74, 6) is 0.441. The van der Waals surface area contributed by atoms with Crippen LogP contribution in [0.1, 0.15) is 39.7 Å². The van der Waals surface area contributed by atoms with Gasteiger partial charge in [-0.05, 0) is 45.9 Å². The van der Waals surface area contributed by atoms with E-state index in [1.807, 2.05) is 39.8 Å². The van der Waals surface area contributed by atoms with E-state index in [-0.39, 0.29) is 29.7 Å². The topological polar surface area (TPSA) is 49.9 Å². The van der Waals surface area contributed by atoms with Crippen LogP contribution in [0.3, 0.4) is 0 Å². The van der Waals surface area contributed by atoms with Gasteiger partial charge in [0.05, 0.1) is 12.5 Å². The van der Waals surface area contributed by atoms with Crippen molar-refractivity contribution in [2.45, 2.75) is 46.2 Å². The summed E-state index contributed by atoms with van der Waals surface area (Å²) in [5, 5.41) is 0.606. The molecule has 1 aliphatic rings. The number of hydrogen-bond donors (Lipinski definition) is 0. The first-order valence-electron chi connectivity index (χ1n) is 8.60. The first-order chi connectivity index (χ1) is 11.6. The summed E-state index contributed by atoms with van der Waals surface area (Å²) in [6.45, 7) is 9.29. The summed E-state index contributed by atoms with van der Waals surface area (Å²) in [7, 11) is 1.75. The van der Waals surface area contributed by atoms with Crippen molar-refractivity contribution in [3.05, 3.63) is 28.8 Å². The molecule has 25 heavy (non-hydrogen) atoms. The van der Waals surface area contributed by atoms with E-state index >= 15 is 0 Å². The highest BCUT2D eigenvalue weighted by molar-refractivity contribution is 6.30. The molecular weight excluding hydrogens is 340 g/mol. The number of carbonyl (C=O) groups is 2. The predicted molar refractivity (Wildman–Crippen MR) is 98.7 cm³/mol. The van der Waals surface area contributed by atoms with Crippen LogP contribution >= 0.6 is 11.6 Å². The van der Waals surface area contributed by atoms with E-state index < -0.39 is 0 Å². The van der Waals surface area contributed by atoms with Crippen LogP contribution < -0.4 is 4.74 Å². The normalized spacial score (nSPS) is 17.8. The molecule has 1 atom stereocenters. The summed E-state index contributed by atoms with van der Waals surface area (Å²) in [4.78, 5) is 28.5. The number of benzene rings is 1. The number of halogens is 1. The van der Waals surface area contributed by atoms with Gasteiger partial charge in [0.1, 0.15) is 5.75 Å². The molecule has 0 aromatic heterocycles. The highest BCUT2D eigenvalue weighted by atomic mass is 35.5. The quantitative estimate of drug-likeness (QED) is 0.803. The minimum Gasteiger partial charge on any atom is -0.494 e. The maximum Gasteiger partial charge on any atom is 0.228 e. The monoisotopic (exact) mass is 366 g/mol. The van der Waals surface area contributed by atoms with Gasteiger partial charge in [0.15, 0.2) is 0 Å². The van der Waals surface area contributed by atoms with Crippen LogP contribution in [-0.2, 0) is 16.1 Å². The third kappa shape index (κ3) is 4.66. The lowest BCUT2D eigenvalue weighted by Gasteiger charge is -2.32. The summed E-state index contributed by atoms with van der Waals surface area (Å²) in [6, 6.07) is 5.41. The second-order valence-corrected chi connectivity index (χ2v) is 7.89. The number of likely N-dealkylation sites (tertiary alicyclic amines) is 1. The molecule has 1 aliphatic heterocycles. The largest absolute Gasteiger partial charge is 0.494 e. The molecule has 1 unspecified atom stereocenters. The Morgan fingerprint density at radius 3 is 2.64 bits per heavy atom. The molecule has 5 nitrogen and oxygen atoms in total. The molecule has 0 radical (unpaired) electrons. The third-order valence-electron chi connectivity index (χ3n) is 4.39. The van der Waals surface area contributed by atoms with Crippen LogP contribution in [-0.4, -0.2) is 47.4 Å². The zero-order valence-corrected chi connectivity index (χ0v) is 16.4. The summed E-state index contributed by atoms with van der Waals surface area (Å²) in [5.41, 5.74) is 0.599. The van der Waals surface area contributed by atoms with Gasteiger partial charge in [-0.15, -0.1) is 0 Å². The lowest BCUT2D eigenvalue weighted by atomic mass is 10.1. The van der Waals surface area contributed by atoms with E-state index in [4.69, 9.17) is 16.3 Å². The molecular formula is C19H27ClN2O3. The van der Waals surface area contributed by atoms with Crippen molar-refractivity contribution in [1.82, 2.24) is 9.80 Å². The lowest BCUT2D eigenvalue weighted by Crippen LogP contribution is -2.43. The van der Waals surface area contributed by atoms with E-state index in [9.17, 15) is 9.59 Å². The van der Waals surface area contributed by atoms with E-state index in [1.165, 1.54) is 0 Å². The van der Waals surface area contributed by atoms with Gasteiger partial charge in [-0.25, -0.2) is 0 Å². The highest BCUT2D eigenvalue weighted by Gasteiger charge is 2.40. The highest BCUT2D eigenvalue weighted by Crippen LogP contribution is 2.28. The Kier molecular flexibility index (Phi) is 5.99. The average molecular weight is 367 g/mol. The SMILES string of the molecule is CCOc1ccc(Cl)cc1CN(C)C(=O)C1CC(=O)N(C(C)(C)C)C1. The second kappa shape index (κ2) is 7.65. The van der Waals surface area contributed by atoms with Gasteiger partial charge >= 0.3 is 0 Å². The number of nitrogens with zero attached hydrogens (tertiary/aromatic N) is 2. The van der Waals surface area contributed by atoms with Crippen molar-refractivity contribution in [2.24, 2.45) is 5.92 Å². The Hall–Kier alpha value is -1.75. The number of amides is 2. The van der Waals surface area contributed by atoms with Gasteiger partial charge < -0.3 is 14.5 Å². The van der Waals surface area contributed by atoms with Gasteiger partial charge in [-0.1, -0.05) is 11.6 Å². The van der Waals surface area contributed by atoms with E-state index in [0.717, 1.165) is 11.3 Å². The summed E-state index contributed by atoms with van der Waals surface area (Å²) in [6.07, 6.45) is 0.272. The summed E-state index contributed by atoms with van der Waals surface area (Å²) < 4.78 is 5.62. The first kappa shape index (κ1) is 19.6. The number of hydrogen-bond acceptors (Lipinski definition) is 3. The van der Waals surface area contributed by atoms with Crippen molar-refractivity contribution in [1.29, 1.82) is 0 Å². The molecule has 0 spiro atoms. The van der Waals surface area contributed by atoms with Gasteiger partial charge in [0, 0.05) is 42.7 Å². The second-order valence-electron chi connectivity index (χ2n) is 7.46. The van der Waals surface area contributed by atoms with Gasteiger partial charge in [-0.2, -0.15) is 0 Å². The minimum absolute atomic E-state index is 0.0254. The van der Waals surface area contributed by atoms with Gasteiger partial charge in [0.2, 0.25) is 11.8 Å². The van der Waals surface area contributed by atoms with Crippen LogP contribution in [0.4, 0.5) is 0 Å². The van der Waals surface area contributed by atoms with Crippen LogP contribution in [0, 0.1) is 5.92 Å². The Balaban J connectivity index is 2.09. The zero-order chi connectivity index (χ0) is 18.8.